The average Bonchev–Trinajstić information content (AvgIpc) is 2.85. The minimum atomic E-state index is -1.05. The van der Waals surface area contributed by atoms with Gasteiger partial charge in [-0.25, -0.2) is 9.59 Å². The normalized spacial score (nSPS) is 27.3. The number of fused-ring (bicyclic) bond motifs is 3. The molecule has 0 unspecified atom stereocenters. The molecule has 3 rings (SSSR count). The number of hydrogen-bond acceptors (Lipinski definition) is 3. The number of anilines is 1. The summed E-state index contributed by atoms with van der Waals surface area (Å²) in [5, 5.41) is 21.4. The van der Waals surface area contributed by atoms with Crippen LogP contribution in [0.1, 0.15) is 28.3 Å². The molecule has 0 saturated carbocycles. The Bertz CT molecular complexity index is 593. The zero-order valence-corrected chi connectivity index (χ0v) is 10.0. The average molecular weight is 259 g/mol. The second-order valence-corrected chi connectivity index (χ2v) is 4.89. The Kier molecular flexibility index (Phi) is 2.55. The largest absolute Gasteiger partial charge is 0.480 e. The molecule has 0 spiro atoms. The lowest BCUT2D eigenvalue weighted by Gasteiger charge is -2.35. The van der Waals surface area contributed by atoms with E-state index in [9.17, 15) is 19.8 Å². The van der Waals surface area contributed by atoms with E-state index in [1.54, 1.807) is 6.07 Å². The summed E-state index contributed by atoms with van der Waals surface area (Å²) in [5.74, 6) is -2.05. The van der Waals surface area contributed by atoms with Crippen molar-refractivity contribution in [2.75, 3.05) is 5.32 Å². The molecule has 5 heteroatoms. The lowest BCUT2D eigenvalue weighted by Crippen LogP contribution is -2.42. The third-order valence-corrected chi connectivity index (χ3v) is 3.89. The summed E-state index contributed by atoms with van der Waals surface area (Å²) >= 11 is 0. The maximum absolute atomic E-state index is 11.4. The second-order valence-electron chi connectivity index (χ2n) is 4.89. The van der Waals surface area contributed by atoms with Crippen LogP contribution < -0.4 is 5.32 Å². The van der Waals surface area contributed by atoms with Gasteiger partial charge in [-0.3, -0.25) is 0 Å². The molecule has 1 aromatic rings. The fourth-order valence-electron chi connectivity index (χ4n) is 3.04. The Morgan fingerprint density at radius 2 is 2.05 bits per heavy atom. The summed E-state index contributed by atoms with van der Waals surface area (Å²) in [4.78, 5) is 22.6. The molecule has 3 atom stereocenters. The molecule has 1 aliphatic heterocycles. The minimum Gasteiger partial charge on any atom is -0.480 e. The van der Waals surface area contributed by atoms with E-state index in [4.69, 9.17) is 0 Å². The van der Waals surface area contributed by atoms with Gasteiger partial charge in [-0.2, -0.15) is 0 Å². The highest BCUT2D eigenvalue weighted by Gasteiger charge is 2.41. The van der Waals surface area contributed by atoms with Gasteiger partial charge in [0.2, 0.25) is 0 Å². The van der Waals surface area contributed by atoms with Crippen LogP contribution >= 0.6 is 0 Å². The van der Waals surface area contributed by atoms with E-state index < -0.39 is 18.0 Å². The van der Waals surface area contributed by atoms with Gasteiger partial charge in [-0.05, 0) is 18.1 Å². The Hall–Kier alpha value is -2.30. The summed E-state index contributed by atoms with van der Waals surface area (Å²) in [6.07, 6.45) is 4.65. The predicted molar refractivity (Wildman–Crippen MR) is 68.4 cm³/mol. The Balaban J connectivity index is 2.15. The first-order chi connectivity index (χ1) is 9.09. The van der Waals surface area contributed by atoms with Crippen LogP contribution in [0, 0.1) is 5.92 Å². The molecule has 0 fully saturated rings. The second kappa shape index (κ2) is 4.12. The van der Waals surface area contributed by atoms with Gasteiger partial charge in [0.05, 0.1) is 11.3 Å². The first-order valence-corrected chi connectivity index (χ1v) is 6.12. The zero-order valence-electron chi connectivity index (χ0n) is 10.0. The van der Waals surface area contributed by atoms with Crippen LogP contribution in [0.15, 0.2) is 30.4 Å². The zero-order chi connectivity index (χ0) is 13.6. The molecule has 0 aromatic heterocycles. The summed E-state index contributed by atoms with van der Waals surface area (Å²) < 4.78 is 0. The van der Waals surface area contributed by atoms with Crippen LogP contribution in [0.3, 0.4) is 0 Å². The Morgan fingerprint density at radius 3 is 2.74 bits per heavy atom. The van der Waals surface area contributed by atoms with Crippen molar-refractivity contribution in [3.05, 3.63) is 41.5 Å². The van der Waals surface area contributed by atoms with Gasteiger partial charge in [0, 0.05) is 11.8 Å². The fourth-order valence-corrected chi connectivity index (χ4v) is 3.04. The highest BCUT2D eigenvalue weighted by molar-refractivity contribution is 5.97. The molecular weight excluding hydrogens is 246 g/mol. The van der Waals surface area contributed by atoms with Crippen molar-refractivity contribution in [2.45, 2.75) is 18.4 Å². The lowest BCUT2D eigenvalue weighted by molar-refractivity contribution is -0.139. The van der Waals surface area contributed by atoms with E-state index in [2.05, 4.69) is 5.32 Å². The topological polar surface area (TPSA) is 86.6 Å². The van der Waals surface area contributed by atoms with Crippen molar-refractivity contribution < 1.29 is 19.8 Å². The third kappa shape index (κ3) is 1.69. The van der Waals surface area contributed by atoms with Gasteiger partial charge in [0.25, 0.3) is 0 Å². The van der Waals surface area contributed by atoms with Crippen LogP contribution in [0.4, 0.5) is 5.69 Å². The molecule has 0 radical (unpaired) electrons. The van der Waals surface area contributed by atoms with Gasteiger partial charge >= 0.3 is 11.9 Å². The van der Waals surface area contributed by atoms with Gasteiger partial charge < -0.3 is 15.5 Å². The lowest BCUT2D eigenvalue weighted by atomic mass is 9.78. The number of aromatic carboxylic acids is 1. The highest BCUT2D eigenvalue weighted by Crippen LogP contribution is 2.45. The quantitative estimate of drug-likeness (QED) is 0.706. The number of nitrogens with one attached hydrogen (secondary N) is 1. The van der Waals surface area contributed by atoms with Gasteiger partial charge in [0.15, 0.2) is 0 Å². The number of rotatable bonds is 2. The Morgan fingerprint density at radius 1 is 1.26 bits per heavy atom. The summed E-state index contributed by atoms with van der Waals surface area (Å²) in [7, 11) is 0. The third-order valence-electron chi connectivity index (χ3n) is 3.89. The van der Waals surface area contributed by atoms with E-state index in [0.29, 0.717) is 12.1 Å². The van der Waals surface area contributed by atoms with Crippen molar-refractivity contribution in [2.24, 2.45) is 5.92 Å². The van der Waals surface area contributed by atoms with Crippen LogP contribution in [0.25, 0.3) is 0 Å². The van der Waals surface area contributed by atoms with E-state index in [-0.39, 0.29) is 17.4 Å². The van der Waals surface area contributed by atoms with Crippen molar-refractivity contribution >= 4 is 17.6 Å². The van der Waals surface area contributed by atoms with Crippen molar-refractivity contribution in [3.8, 4) is 0 Å². The first-order valence-electron chi connectivity index (χ1n) is 6.12. The summed E-state index contributed by atoms with van der Waals surface area (Å²) in [6.45, 7) is 0. The predicted octanol–water partition coefficient (Wildman–Crippen LogP) is 1.92. The molecule has 0 saturated heterocycles. The van der Waals surface area contributed by atoms with Crippen LogP contribution in [-0.4, -0.2) is 28.2 Å². The standard InChI is InChI=1S/C14H13NO4/c16-13(17)10-6-2-4-8-7-3-1-5-9(7)12(14(18)19)15-11(8)10/h1-4,6-7,9,12,15H,5H2,(H,16,17)(H,18,19)/t7-,9-,12+/m1/s1. The first kappa shape index (κ1) is 11.8. The van der Waals surface area contributed by atoms with Crippen LogP contribution in [0.2, 0.25) is 0 Å². The minimum absolute atomic E-state index is 0.0170. The SMILES string of the molecule is O=C(O)c1cccc2c1N[C@H](C(=O)O)[C@@H]1CC=C[C@H]21. The molecule has 2 aliphatic rings. The van der Waals surface area contributed by atoms with E-state index in [1.165, 1.54) is 6.07 Å². The van der Waals surface area contributed by atoms with Crippen molar-refractivity contribution in [3.63, 3.8) is 0 Å². The number of para-hydroxylation sites is 1. The van der Waals surface area contributed by atoms with E-state index >= 15 is 0 Å². The molecule has 19 heavy (non-hydrogen) atoms. The number of hydrogen-bond donors (Lipinski definition) is 3. The molecule has 0 amide bonds. The molecular formula is C14H13NO4. The number of carboxylic acid groups (broad SMARTS) is 2. The van der Waals surface area contributed by atoms with Crippen molar-refractivity contribution in [1.29, 1.82) is 0 Å². The van der Waals surface area contributed by atoms with Crippen LogP contribution in [-0.2, 0) is 4.79 Å². The molecule has 0 bridgehead atoms. The fraction of sp³-hybridized carbons (Fsp3) is 0.286. The molecule has 3 N–H and O–H groups in total. The number of allylic oxidation sites excluding steroid dienone is 2. The van der Waals surface area contributed by atoms with Crippen molar-refractivity contribution in [1.82, 2.24) is 0 Å². The maximum atomic E-state index is 11.4. The number of benzene rings is 1. The molecule has 1 heterocycles. The monoisotopic (exact) mass is 259 g/mol. The smallest absolute Gasteiger partial charge is 0.337 e. The summed E-state index contributed by atoms with van der Waals surface area (Å²) in [5.41, 5.74) is 1.44. The number of carbonyl (C=O) groups is 2. The highest BCUT2D eigenvalue weighted by atomic mass is 16.4. The van der Waals surface area contributed by atoms with E-state index in [1.807, 2.05) is 18.2 Å². The summed E-state index contributed by atoms with van der Waals surface area (Å²) in [6, 6.07) is 4.31. The van der Waals surface area contributed by atoms with Gasteiger partial charge in [0.1, 0.15) is 6.04 Å². The maximum Gasteiger partial charge on any atom is 0.337 e. The van der Waals surface area contributed by atoms with Gasteiger partial charge in [-0.1, -0.05) is 24.3 Å². The van der Waals surface area contributed by atoms with E-state index in [0.717, 1.165) is 5.56 Å². The molecule has 5 nitrogen and oxygen atoms in total. The van der Waals surface area contributed by atoms with Crippen LogP contribution in [0.5, 0.6) is 0 Å². The van der Waals surface area contributed by atoms with Gasteiger partial charge in [-0.15, -0.1) is 0 Å². The Labute approximate surface area is 109 Å². The molecule has 1 aliphatic carbocycles. The number of aliphatic carboxylic acids is 1. The molecule has 98 valence electrons. The molecule has 1 aromatic carbocycles. The number of carboxylic acids is 2.